The molecule has 0 saturated carbocycles. The van der Waals surface area contributed by atoms with Crippen LogP contribution in [-0.2, 0) is 27.9 Å². The average Bonchev–Trinajstić information content (AvgIpc) is 3.35. The number of carbonyl (C=O) groups is 2. The second-order valence-electron chi connectivity index (χ2n) is 21.5. The van der Waals surface area contributed by atoms with Crippen molar-refractivity contribution in [3.05, 3.63) is 72.9 Å². The van der Waals surface area contributed by atoms with Crippen LogP contribution < -0.4 is 10.2 Å². The summed E-state index contributed by atoms with van der Waals surface area (Å²) in [5.74, 6) is -0.610. The number of quaternary nitrogens is 1. The van der Waals surface area contributed by atoms with Gasteiger partial charge in [-0.15, -0.1) is 0 Å². The zero-order valence-electron chi connectivity index (χ0n) is 48.3. The van der Waals surface area contributed by atoms with E-state index in [-0.39, 0.29) is 18.9 Å². The molecule has 0 saturated heterocycles. The van der Waals surface area contributed by atoms with Gasteiger partial charge in [-0.05, 0) is 96.0 Å². The number of hydrogen-bond acceptors (Lipinski definition) is 7. The van der Waals surface area contributed by atoms with Crippen LogP contribution in [0.3, 0.4) is 0 Å². The van der Waals surface area contributed by atoms with Crippen LogP contribution in [-0.4, -0.2) is 69.4 Å². The fourth-order valence-corrected chi connectivity index (χ4v) is 9.11. The van der Waals surface area contributed by atoms with Crippen molar-refractivity contribution in [3.8, 4) is 0 Å². The van der Waals surface area contributed by atoms with Crippen molar-refractivity contribution in [2.75, 3.05) is 40.9 Å². The van der Waals surface area contributed by atoms with E-state index < -0.39 is 32.5 Å². The molecule has 0 aromatic heterocycles. The summed E-state index contributed by atoms with van der Waals surface area (Å²) in [4.78, 5) is 39.9. The summed E-state index contributed by atoms with van der Waals surface area (Å²) in [6, 6.07) is -0.914. The topological polar surface area (TPSA) is 114 Å². The highest BCUT2D eigenvalue weighted by molar-refractivity contribution is 7.45. The van der Waals surface area contributed by atoms with Crippen LogP contribution >= 0.6 is 7.82 Å². The van der Waals surface area contributed by atoms with Crippen LogP contribution in [0.4, 0.5) is 0 Å². The third-order valence-corrected chi connectivity index (χ3v) is 14.1. The van der Waals surface area contributed by atoms with E-state index in [1.165, 1.54) is 148 Å². The van der Waals surface area contributed by atoms with Crippen molar-refractivity contribution >= 4 is 19.7 Å². The summed E-state index contributed by atoms with van der Waals surface area (Å²) in [5, 5.41) is 3.01. The van der Waals surface area contributed by atoms with Crippen LogP contribution in [0.25, 0.3) is 0 Å². The van der Waals surface area contributed by atoms with Gasteiger partial charge in [-0.25, -0.2) is 0 Å². The van der Waals surface area contributed by atoms with Gasteiger partial charge in [0.05, 0.1) is 33.8 Å². The van der Waals surface area contributed by atoms with Gasteiger partial charge in [0.2, 0.25) is 5.91 Å². The molecule has 0 aromatic carbocycles. The second-order valence-corrected chi connectivity index (χ2v) is 22.9. The molecule has 0 aliphatic heterocycles. The molecule has 424 valence electrons. The van der Waals surface area contributed by atoms with Gasteiger partial charge in [0.25, 0.3) is 7.82 Å². The number of amides is 1. The maximum absolute atomic E-state index is 13.5. The highest BCUT2D eigenvalue weighted by atomic mass is 31.2. The summed E-state index contributed by atoms with van der Waals surface area (Å²) in [7, 11) is 1.15. The van der Waals surface area contributed by atoms with Crippen molar-refractivity contribution in [1.29, 1.82) is 0 Å². The van der Waals surface area contributed by atoms with Gasteiger partial charge in [0.1, 0.15) is 19.3 Å². The Bertz CT molecular complexity index is 1480. The van der Waals surface area contributed by atoms with E-state index in [0.717, 1.165) is 77.0 Å². The molecule has 0 rings (SSSR count). The summed E-state index contributed by atoms with van der Waals surface area (Å²) in [5.41, 5.74) is 0. The number of phosphoric ester groups is 1. The van der Waals surface area contributed by atoms with E-state index in [1.54, 1.807) is 0 Å². The lowest BCUT2D eigenvalue weighted by molar-refractivity contribution is -0.870. The molecule has 0 aliphatic carbocycles. The Morgan fingerprint density at radius 1 is 0.479 bits per heavy atom. The molecule has 1 amide bonds. The molecule has 3 atom stereocenters. The quantitative estimate of drug-likeness (QED) is 0.0212. The maximum Gasteiger partial charge on any atom is 0.306 e. The van der Waals surface area contributed by atoms with Gasteiger partial charge in [-0.2, -0.15) is 0 Å². The zero-order chi connectivity index (χ0) is 53.6. The first-order valence-electron chi connectivity index (χ1n) is 30.2. The molecule has 0 radical (unpaired) electrons. The van der Waals surface area contributed by atoms with Gasteiger partial charge >= 0.3 is 5.97 Å². The van der Waals surface area contributed by atoms with Gasteiger partial charge in [-0.1, -0.05) is 229 Å². The summed E-state index contributed by atoms with van der Waals surface area (Å²) >= 11 is 0. The van der Waals surface area contributed by atoms with E-state index in [2.05, 4.69) is 86.8 Å². The minimum atomic E-state index is -4.71. The first-order chi connectivity index (χ1) is 35.4. The van der Waals surface area contributed by atoms with Crippen molar-refractivity contribution in [2.45, 2.75) is 277 Å². The Morgan fingerprint density at radius 3 is 1.32 bits per heavy atom. The predicted molar refractivity (Wildman–Crippen MR) is 312 cm³/mol. The molecule has 0 fully saturated rings. The van der Waals surface area contributed by atoms with E-state index in [4.69, 9.17) is 13.8 Å². The molecule has 0 spiro atoms. The third kappa shape index (κ3) is 54.1. The first kappa shape index (κ1) is 70.5. The minimum Gasteiger partial charge on any atom is -0.756 e. The highest BCUT2D eigenvalue weighted by Crippen LogP contribution is 2.38. The fraction of sp³-hybridized carbons (Fsp3) is 0.778. The van der Waals surface area contributed by atoms with E-state index >= 15 is 0 Å². The summed E-state index contributed by atoms with van der Waals surface area (Å²) in [6.07, 6.45) is 67.2. The normalized spacial score (nSPS) is 14.2. The summed E-state index contributed by atoms with van der Waals surface area (Å²) in [6.45, 7) is 6.78. The molecular formula is C63H115N2O7P. The van der Waals surface area contributed by atoms with Crippen LogP contribution in [0.2, 0.25) is 0 Å². The first-order valence-corrected chi connectivity index (χ1v) is 31.7. The minimum absolute atomic E-state index is 0.0334. The Labute approximate surface area is 451 Å². The van der Waals surface area contributed by atoms with Gasteiger partial charge in [0, 0.05) is 12.8 Å². The Balaban J connectivity index is 5.42. The number of likely N-dealkylation sites (N-methyl/N-ethyl adjacent to an activating group) is 1. The lowest BCUT2D eigenvalue weighted by Gasteiger charge is -2.30. The second kappa shape index (κ2) is 52.9. The molecule has 1 N–H and O–H groups in total. The largest absolute Gasteiger partial charge is 0.756 e. The fourth-order valence-electron chi connectivity index (χ4n) is 8.39. The Hall–Kier alpha value is -2.55. The number of unbranched alkanes of at least 4 members (excludes halogenated alkanes) is 28. The molecule has 0 aromatic rings. The number of hydrogen-bond donors (Lipinski definition) is 1. The van der Waals surface area contributed by atoms with Crippen molar-refractivity contribution in [2.24, 2.45) is 0 Å². The number of carbonyl (C=O) groups excluding carboxylic acids is 2. The van der Waals surface area contributed by atoms with Crippen molar-refractivity contribution in [1.82, 2.24) is 5.32 Å². The highest BCUT2D eigenvalue weighted by Gasteiger charge is 2.27. The smallest absolute Gasteiger partial charge is 0.306 e. The standard InChI is InChI=1S/C63H115N2O7P/c1-7-10-13-16-19-22-25-28-30-32-34-37-40-43-46-49-52-55-62(66)64-60(59-71-73(68,69)70-58-57-65(4,5)6)61(54-51-48-45-42-39-36-27-24-21-18-15-12-9-3)72-63(67)56-53-50-47-44-41-38-35-33-31-29-26-23-20-17-14-11-8-2/h20,23,28-31,35,38,44,47,51,54,60-61H,7-19,21-22,24-27,32-34,36-37,39-43,45-46,48-50,52-53,55-59H2,1-6H3,(H-,64,66,68,69)/b23-20-,30-28+,31-29-,38-35-,47-44-,54-51+. The number of phosphoric acid groups is 1. The molecule has 0 heterocycles. The number of esters is 1. The molecule has 73 heavy (non-hydrogen) atoms. The molecule has 10 heteroatoms. The van der Waals surface area contributed by atoms with Crippen LogP contribution in [0.1, 0.15) is 265 Å². The van der Waals surface area contributed by atoms with Gasteiger partial charge < -0.3 is 28.5 Å². The lowest BCUT2D eigenvalue weighted by atomic mass is 10.0. The van der Waals surface area contributed by atoms with Crippen LogP contribution in [0, 0.1) is 0 Å². The average molecular weight is 1040 g/mol. The number of rotatable bonds is 54. The zero-order valence-corrected chi connectivity index (χ0v) is 49.2. The van der Waals surface area contributed by atoms with E-state index in [0.29, 0.717) is 23.9 Å². The van der Waals surface area contributed by atoms with Gasteiger partial charge in [-0.3, -0.25) is 14.2 Å². The molecule has 0 bridgehead atoms. The lowest BCUT2D eigenvalue weighted by Crippen LogP contribution is -2.47. The molecular weight excluding hydrogens is 928 g/mol. The number of allylic oxidation sites excluding steroid dienone is 11. The number of nitrogens with one attached hydrogen (secondary N) is 1. The van der Waals surface area contributed by atoms with E-state index in [9.17, 15) is 19.0 Å². The molecule has 3 unspecified atom stereocenters. The van der Waals surface area contributed by atoms with Crippen LogP contribution in [0.5, 0.6) is 0 Å². The number of ether oxygens (including phenoxy) is 1. The van der Waals surface area contributed by atoms with Crippen molar-refractivity contribution < 1.29 is 37.3 Å². The Morgan fingerprint density at radius 2 is 0.849 bits per heavy atom. The van der Waals surface area contributed by atoms with E-state index in [1.807, 2.05) is 33.3 Å². The molecule has 9 nitrogen and oxygen atoms in total. The number of nitrogens with zero attached hydrogens (tertiary/aromatic N) is 1. The third-order valence-electron chi connectivity index (χ3n) is 13.1. The SMILES string of the molecule is CCCCC/C=C\C/C=C\C/C=C\C/C=C\CCCC(=O)OC(/C=C/CCCCCCCCCCCCC)C(COP(=O)([O-])OCC[N+](C)(C)C)NC(=O)CCCCCCCCC/C=C/CCCCCCCC. The Kier molecular flexibility index (Phi) is 51.0. The molecule has 0 aliphatic rings. The van der Waals surface area contributed by atoms with Crippen molar-refractivity contribution in [3.63, 3.8) is 0 Å². The maximum atomic E-state index is 13.5. The monoisotopic (exact) mass is 1040 g/mol. The van der Waals surface area contributed by atoms with Crippen LogP contribution in [0.15, 0.2) is 72.9 Å². The summed E-state index contributed by atoms with van der Waals surface area (Å²) < 4.78 is 30.2. The van der Waals surface area contributed by atoms with Gasteiger partial charge in [0.15, 0.2) is 0 Å². The predicted octanol–water partition coefficient (Wildman–Crippen LogP) is 17.8.